The van der Waals surface area contributed by atoms with Crippen molar-refractivity contribution < 1.29 is 38.9 Å². The monoisotopic (exact) mass is 408 g/mol. The first-order chi connectivity index (χ1) is 14.4. The molecule has 10 heteroatoms. The van der Waals surface area contributed by atoms with Crippen molar-refractivity contribution >= 4 is 24.9 Å². The molecule has 0 saturated carbocycles. The highest BCUT2D eigenvalue weighted by Gasteiger charge is 2.13. The number of carbonyl (C=O) groups excluding carboxylic acids is 2. The summed E-state index contributed by atoms with van der Waals surface area (Å²) in [5, 5.41) is 18.4. The smallest absolute Gasteiger partial charge is 0.335 e. The number of hydrogen-bond acceptors (Lipinski definition) is 8. The first kappa shape index (κ1) is 20.1. The molecule has 30 heavy (non-hydrogen) atoms. The summed E-state index contributed by atoms with van der Waals surface area (Å²) in [6.07, 6.45) is 2.78. The molecule has 2 aromatic carbocycles. The molecule has 0 aliphatic heterocycles. The van der Waals surface area contributed by atoms with Gasteiger partial charge in [-0.25, -0.2) is 19.6 Å². The fourth-order valence-electron chi connectivity index (χ4n) is 2.61. The molecule has 0 saturated heterocycles. The maximum atomic E-state index is 11.3. The number of aromatic nitrogens is 2. The van der Waals surface area contributed by atoms with Crippen molar-refractivity contribution in [3.8, 4) is 34.0 Å². The lowest BCUT2D eigenvalue weighted by atomic mass is 10.0. The fraction of sp³-hybridized carbons (Fsp3) is 0. The fourth-order valence-corrected chi connectivity index (χ4v) is 2.61. The zero-order chi connectivity index (χ0) is 21.7. The Labute approximate surface area is 168 Å². The van der Waals surface area contributed by atoms with Crippen LogP contribution in [0.15, 0.2) is 48.8 Å². The van der Waals surface area contributed by atoms with Gasteiger partial charge >= 0.3 is 11.9 Å². The summed E-state index contributed by atoms with van der Waals surface area (Å²) >= 11 is 0. The number of nitrogens with zero attached hydrogens (tertiary/aromatic N) is 2. The van der Waals surface area contributed by atoms with Crippen LogP contribution in [0.5, 0.6) is 11.5 Å². The van der Waals surface area contributed by atoms with Gasteiger partial charge in [0.05, 0.1) is 11.1 Å². The van der Waals surface area contributed by atoms with E-state index in [1.54, 1.807) is 0 Å². The van der Waals surface area contributed by atoms with Gasteiger partial charge in [-0.05, 0) is 42.0 Å². The molecule has 1 heterocycles. The van der Waals surface area contributed by atoms with Gasteiger partial charge in [0.15, 0.2) is 5.82 Å². The Morgan fingerprint density at radius 1 is 0.700 bits per heavy atom. The molecule has 3 rings (SSSR count). The van der Waals surface area contributed by atoms with Crippen molar-refractivity contribution in [2.24, 2.45) is 0 Å². The second kappa shape index (κ2) is 8.61. The van der Waals surface area contributed by atoms with Crippen molar-refractivity contribution in [3.05, 3.63) is 59.9 Å². The van der Waals surface area contributed by atoms with Crippen LogP contribution in [0, 0.1) is 0 Å². The largest absolute Gasteiger partial charge is 0.478 e. The number of carboxylic acid groups (broad SMARTS) is 2. The third kappa shape index (κ3) is 4.44. The van der Waals surface area contributed by atoms with E-state index in [0.717, 1.165) is 0 Å². The third-order valence-corrected chi connectivity index (χ3v) is 3.92. The minimum atomic E-state index is -1.22. The topological polar surface area (TPSA) is 153 Å². The number of hydrogen-bond donors (Lipinski definition) is 2. The number of ether oxygens (including phenoxy) is 2. The summed E-state index contributed by atoms with van der Waals surface area (Å²) in [4.78, 5) is 52.1. The van der Waals surface area contributed by atoms with Gasteiger partial charge in [0, 0.05) is 23.5 Å². The predicted octanol–water partition coefficient (Wildman–Crippen LogP) is 2.28. The zero-order valence-electron chi connectivity index (χ0n) is 15.0. The van der Waals surface area contributed by atoms with Crippen LogP contribution in [0.2, 0.25) is 0 Å². The van der Waals surface area contributed by atoms with Gasteiger partial charge in [0.25, 0.3) is 12.9 Å². The molecule has 10 nitrogen and oxygen atoms in total. The zero-order valence-corrected chi connectivity index (χ0v) is 15.0. The number of benzene rings is 2. The second-order valence-corrected chi connectivity index (χ2v) is 5.83. The molecule has 0 radical (unpaired) electrons. The van der Waals surface area contributed by atoms with Crippen molar-refractivity contribution in [1.29, 1.82) is 0 Å². The van der Waals surface area contributed by atoms with E-state index >= 15 is 0 Å². The highest BCUT2D eigenvalue weighted by atomic mass is 16.5. The number of carbonyl (C=O) groups is 4. The van der Waals surface area contributed by atoms with Gasteiger partial charge in [0.1, 0.15) is 11.5 Å². The first-order valence-corrected chi connectivity index (χ1v) is 8.21. The van der Waals surface area contributed by atoms with Crippen LogP contribution in [0.1, 0.15) is 20.7 Å². The highest BCUT2D eigenvalue weighted by Crippen LogP contribution is 2.28. The molecule has 150 valence electrons. The Morgan fingerprint density at radius 3 is 1.63 bits per heavy atom. The Balaban J connectivity index is 2.01. The number of rotatable bonds is 8. The van der Waals surface area contributed by atoms with Crippen molar-refractivity contribution in [3.63, 3.8) is 0 Å². The van der Waals surface area contributed by atoms with Gasteiger partial charge in [-0.3, -0.25) is 9.59 Å². The minimum absolute atomic E-state index is 0.0115. The van der Waals surface area contributed by atoms with E-state index in [0.29, 0.717) is 16.7 Å². The summed E-state index contributed by atoms with van der Waals surface area (Å²) in [7, 11) is 0. The minimum Gasteiger partial charge on any atom is -0.478 e. The van der Waals surface area contributed by atoms with Crippen molar-refractivity contribution in [1.82, 2.24) is 9.97 Å². The van der Waals surface area contributed by atoms with Crippen LogP contribution in [0.4, 0.5) is 0 Å². The van der Waals surface area contributed by atoms with Crippen LogP contribution in [-0.2, 0) is 9.59 Å². The van der Waals surface area contributed by atoms with E-state index in [-0.39, 0.29) is 41.4 Å². The molecule has 3 aromatic rings. The maximum absolute atomic E-state index is 11.3. The van der Waals surface area contributed by atoms with E-state index in [1.165, 1.54) is 48.8 Å². The van der Waals surface area contributed by atoms with Crippen LogP contribution >= 0.6 is 0 Å². The molecule has 0 amide bonds. The van der Waals surface area contributed by atoms with Gasteiger partial charge in [-0.2, -0.15) is 0 Å². The third-order valence-electron chi connectivity index (χ3n) is 3.92. The average Bonchev–Trinajstić information content (AvgIpc) is 2.74. The van der Waals surface area contributed by atoms with Crippen LogP contribution in [-0.4, -0.2) is 45.1 Å². The van der Waals surface area contributed by atoms with E-state index in [4.69, 9.17) is 9.47 Å². The molecule has 0 fully saturated rings. The molecule has 0 bridgehead atoms. The van der Waals surface area contributed by atoms with Crippen LogP contribution < -0.4 is 9.47 Å². The summed E-state index contributed by atoms with van der Waals surface area (Å²) in [5.41, 5.74) is 0.890. The Bertz CT molecular complexity index is 1050. The Morgan fingerprint density at radius 2 is 1.17 bits per heavy atom. The Hall–Kier alpha value is -4.60. The maximum Gasteiger partial charge on any atom is 0.335 e. The van der Waals surface area contributed by atoms with Gasteiger partial charge < -0.3 is 19.7 Å². The Kier molecular flexibility index (Phi) is 5.78. The SMILES string of the molecule is O=COc1cc(C(=O)O)cc(-c2cnc(-c3cc(OC=O)cc(C(=O)O)c3)nc2)c1. The lowest BCUT2D eigenvalue weighted by molar-refractivity contribution is -0.121. The number of aromatic carboxylic acids is 2. The van der Waals surface area contributed by atoms with Crippen molar-refractivity contribution in [2.75, 3.05) is 0 Å². The van der Waals surface area contributed by atoms with Crippen LogP contribution in [0.3, 0.4) is 0 Å². The summed E-state index contributed by atoms with van der Waals surface area (Å²) < 4.78 is 9.47. The molecular weight excluding hydrogens is 396 g/mol. The van der Waals surface area contributed by atoms with E-state index in [1.807, 2.05) is 0 Å². The quantitative estimate of drug-likeness (QED) is 0.531. The molecule has 0 spiro atoms. The van der Waals surface area contributed by atoms with Crippen LogP contribution in [0.25, 0.3) is 22.5 Å². The van der Waals surface area contributed by atoms with E-state index in [9.17, 15) is 29.4 Å². The normalized spacial score (nSPS) is 10.1. The van der Waals surface area contributed by atoms with E-state index in [2.05, 4.69) is 9.97 Å². The number of carboxylic acids is 2. The molecule has 0 atom stereocenters. The molecule has 0 aliphatic rings. The van der Waals surface area contributed by atoms with E-state index < -0.39 is 11.9 Å². The lowest BCUT2D eigenvalue weighted by Gasteiger charge is -2.08. The molecular formula is C20H12N2O8. The van der Waals surface area contributed by atoms with Gasteiger partial charge in [-0.1, -0.05) is 0 Å². The molecule has 0 aliphatic carbocycles. The first-order valence-electron chi connectivity index (χ1n) is 8.21. The molecule has 0 unspecified atom stereocenters. The van der Waals surface area contributed by atoms with Gasteiger partial charge in [0.2, 0.25) is 0 Å². The molecule has 2 N–H and O–H groups in total. The molecule has 1 aromatic heterocycles. The standard InChI is InChI=1S/C20H12N2O8/c23-9-29-16-3-11(1-13(5-16)19(25)26)15-7-21-18(22-8-15)12-2-14(20(27)28)6-17(4-12)30-10-24/h1-10H,(H,25,26)(H,27,28). The summed E-state index contributed by atoms with van der Waals surface area (Å²) in [6, 6.07) is 7.90. The lowest BCUT2D eigenvalue weighted by Crippen LogP contribution is -2.00. The van der Waals surface area contributed by atoms with Crippen molar-refractivity contribution in [2.45, 2.75) is 0 Å². The predicted molar refractivity (Wildman–Crippen MR) is 100 cm³/mol. The highest BCUT2D eigenvalue weighted by molar-refractivity contribution is 5.91. The summed E-state index contributed by atoms with van der Waals surface area (Å²) in [6.45, 7) is 0.349. The second-order valence-electron chi connectivity index (χ2n) is 5.83. The van der Waals surface area contributed by atoms with Gasteiger partial charge in [-0.15, -0.1) is 0 Å². The average molecular weight is 408 g/mol. The summed E-state index contributed by atoms with van der Waals surface area (Å²) in [5.74, 6) is -2.24.